The number of carbonyl (C=O) groups excluding carboxylic acids is 2. The normalized spacial score (nSPS) is 22.0. The highest BCUT2D eigenvalue weighted by molar-refractivity contribution is 5.96. The molecular formula is C19H26N6O2. The Balaban J connectivity index is 1.31. The van der Waals surface area contributed by atoms with E-state index in [1.165, 1.54) is 0 Å². The zero-order valence-corrected chi connectivity index (χ0v) is 16.0. The third-order valence-corrected chi connectivity index (χ3v) is 5.75. The number of aromatic amines is 1. The Labute approximate surface area is 158 Å². The van der Waals surface area contributed by atoms with E-state index in [0.717, 1.165) is 43.9 Å². The molecule has 0 saturated carbocycles. The molecule has 2 fully saturated rings. The van der Waals surface area contributed by atoms with Crippen molar-refractivity contribution in [2.75, 3.05) is 33.2 Å². The summed E-state index contributed by atoms with van der Waals surface area (Å²) in [5.41, 5.74) is 1.89. The summed E-state index contributed by atoms with van der Waals surface area (Å²) < 4.78 is 0. The number of hydrogen-bond donors (Lipinski definition) is 2. The molecule has 0 spiro atoms. The molecule has 27 heavy (non-hydrogen) atoms. The highest BCUT2D eigenvalue weighted by Gasteiger charge is 2.39. The van der Waals surface area contributed by atoms with Gasteiger partial charge in [0.25, 0.3) is 5.91 Å². The third-order valence-electron chi connectivity index (χ3n) is 5.75. The fourth-order valence-electron chi connectivity index (χ4n) is 3.96. The molecular weight excluding hydrogens is 344 g/mol. The molecule has 2 N–H and O–H groups in total. The van der Waals surface area contributed by atoms with Crippen molar-refractivity contribution in [1.29, 1.82) is 0 Å². The summed E-state index contributed by atoms with van der Waals surface area (Å²) in [7, 11) is 2.06. The number of amides is 2. The van der Waals surface area contributed by atoms with Crippen LogP contribution in [0.3, 0.4) is 0 Å². The first-order valence-electron chi connectivity index (χ1n) is 9.51. The van der Waals surface area contributed by atoms with Gasteiger partial charge in [-0.15, -0.1) is 0 Å². The van der Waals surface area contributed by atoms with Gasteiger partial charge in [-0.25, -0.2) is 9.97 Å². The summed E-state index contributed by atoms with van der Waals surface area (Å²) in [4.78, 5) is 40.8. The number of aryl methyl sites for hydroxylation is 1. The molecule has 144 valence electrons. The van der Waals surface area contributed by atoms with Crippen molar-refractivity contribution in [2.45, 2.75) is 26.3 Å². The van der Waals surface area contributed by atoms with Crippen LogP contribution in [0, 0.1) is 18.8 Å². The van der Waals surface area contributed by atoms with Gasteiger partial charge in [-0.05, 0) is 39.9 Å². The van der Waals surface area contributed by atoms with E-state index >= 15 is 0 Å². The molecule has 8 nitrogen and oxygen atoms in total. The first-order chi connectivity index (χ1) is 12.9. The van der Waals surface area contributed by atoms with Gasteiger partial charge in [-0.1, -0.05) is 0 Å². The highest BCUT2D eigenvalue weighted by Crippen LogP contribution is 2.25. The smallest absolute Gasteiger partial charge is 0.253 e. The van der Waals surface area contributed by atoms with Gasteiger partial charge in [-0.2, -0.15) is 0 Å². The molecule has 4 heterocycles. The van der Waals surface area contributed by atoms with E-state index in [1.54, 1.807) is 12.3 Å². The molecule has 8 heteroatoms. The van der Waals surface area contributed by atoms with Crippen LogP contribution in [-0.2, 0) is 4.79 Å². The number of hydrogen-bond acceptors (Lipinski definition) is 5. The second-order valence-corrected chi connectivity index (χ2v) is 7.93. The maximum absolute atomic E-state index is 12.5. The maximum Gasteiger partial charge on any atom is 0.253 e. The lowest BCUT2D eigenvalue weighted by atomic mass is 9.90. The van der Waals surface area contributed by atoms with Gasteiger partial charge >= 0.3 is 0 Å². The van der Waals surface area contributed by atoms with Gasteiger partial charge in [0.2, 0.25) is 5.91 Å². The SMILES string of the molecule is Cc1nc2ncc(C(=O)NC(C)C3CN(C(=O)C4CCN(C)C4)C3)cc2[nH]1. The number of carbonyl (C=O) groups is 2. The van der Waals surface area contributed by atoms with E-state index in [0.29, 0.717) is 17.1 Å². The Morgan fingerprint density at radius 1 is 1.33 bits per heavy atom. The molecule has 2 unspecified atom stereocenters. The van der Waals surface area contributed by atoms with Crippen LogP contribution in [0.25, 0.3) is 11.2 Å². The molecule has 0 aromatic carbocycles. The Kier molecular flexibility index (Phi) is 4.59. The summed E-state index contributed by atoms with van der Waals surface area (Å²) in [6, 6.07) is 1.78. The average molecular weight is 370 g/mol. The lowest BCUT2D eigenvalue weighted by Crippen LogP contribution is -2.58. The Morgan fingerprint density at radius 3 is 2.81 bits per heavy atom. The number of nitrogens with one attached hydrogen (secondary N) is 2. The van der Waals surface area contributed by atoms with Crippen molar-refractivity contribution in [3.63, 3.8) is 0 Å². The molecule has 2 aromatic heterocycles. The van der Waals surface area contributed by atoms with E-state index < -0.39 is 0 Å². The molecule has 2 aromatic rings. The molecule has 0 bridgehead atoms. The van der Waals surface area contributed by atoms with E-state index in [1.807, 2.05) is 18.7 Å². The van der Waals surface area contributed by atoms with Gasteiger partial charge < -0.3 is 20.1 Å². The van der Waals surface area contributed by atoms with E-state index in [2.05, 4.69) is 32.2 Å². The zero-order valence-electron chi connectivity index (χ0n) is 16.0. The van der Waals surface area contributed by atoms with Crippen LogP contribution in [0.5, 0.6) is 0 Å². The number of aromatic nitrogens is 3. The predicted octanol–water partition coefficient (Wildman–Crippen LogP) is 0.795. The van der Waals surface area contributed by atoms with Gasteiger partial charge in [0.05, 0.1) is 17.0 Å². The van der Waals surface area contributed by atoms with Gasteiger partial charge in [0.1, 0.15) is 5.82 Å². The number of imidazole rings is 1. The third kappa shape index (κ3) is 3.53. The Hall–Kier alpha value is -2.48. The summed E-state index contributed by atoms with van der Waals surface area (Å²) in [5, 5.41) is 3.05. The van der Waals surface area contributed by atoms with E-state index in [4.69, 9.17) is 0 Å². The molecule has 4 rings (SSSR count). The van der Waals surface area contributed by atoms with Crippen molar-refractivity contribution >= 4 is 23.0 Å². The molecule has 2 saturated heterocycles. The van der Waals surface area contributed by atoms with Crippen LogP contribution >= 0.6 is 0 Å². The second-order valence-electron chi connectivity index (χ2n) is 7.93. The predicted molar refractivity (Wildman–Crippen MR) is 101 cm³/mol. The number of nitrogens with zero attached hydrogens (tertiary/aromatic N) is 4. The van der Waals surface area contributed by atoms with Gasteiger partial charge in [0.15, 0.2) is 5.65 Å². The van der Waals surface area contributed by atoms with Crippen LogP contribution in [0.2, 0.25) is 0 Å². The topological polar surface area (TPSA) is 94.2 Å². The molecule has 2 atom stereocenters. The quantitative estimate of drug-likeness (QED) is 0.830. The van der Waals surface area contributed by atoms with Crippen LogP contribution in [-0.4, -0.2) is 75.8 Å². The standard InChI is InChI=1S/C19H26N6O2/c1-11(15-9-25(10-15)19(27)13-4-5-24(3)8-13)21-18(26)14-6-16-17(20-7-14)23-12(2)22-16/h6-7,11,13,15H,4-5,8-10H2,1-3H3,(H,21,26)(H,20,22,23). The first kappa shape index (κ1) is 17.9. The molecule has 2 amide bonds. The zero-order chi connectivity index (χ0) is 19.1. The van der Waals surface area contributed by atoms with E-state index in [-0.39, 0.29) is 23.8 Å². The molecule has 0 aliphatic carbocycles. The number of likely N-dealkylation sites (tertiary alicyclic amines) is 2. The van der Waals surface area contributed by atoms with Crippen molar-refractivity contribution in [3.05, 3.63) is 23.7 Å². The summed E-state index contributed by atoms with van der Waals surface area (Å²) in [6.07, 6.45) is 2.50. The van der Waals surface area contributed by atoms with Crippen molar-refractivity contribution in [1.82, 2.24) is 30.1 Å². The van der Waals surface area contributed by atoms with Crippen molar-refractivity contribution in [2.24, 2.45) is 11.8 Å². The summed E-state index contributed by atoms with van der Waals surface area (Å²) in [5.74, 6) is 1.32. The fraction of sp³-hybridized carbons (Fsp3) is 0.579. The maximum atomic E-state index is 12.5. The molecule has 2 aliphatic rings. The number of fused-ring (bicyclic) bond motifs is 1. The van der Waals surface area contributed by atoms with Crippen LogP contribution < -0.4 is 5.32 Å². The van der Waals surface area contributed by atoms with Crippen LogP contribution in [0.1, 0.15) is 29.5 Å². The minimum absolute atomic E-state index is 0.00648. The lowest BCUT2D eigenvalue weighted by molar-refractivity contribution is -0.142. The minimum atomic E-state index is -0.147. The number of pyridine rings is 1. The van der Waals surface area contributed by atoms with Crippen LogP contribution in [0.4, 0.5) is 0 Å². The summed E-state index contributed by atoms with van der Waals surface area (Å²) in [6.45, 7) is 7.15. The van der Waals surface area contributed by atoms with Gasteiger partial charge in [0, 0.05) is 37.8 Å². The van der Waals surface area contributed by atoms with Crippen molar-refractivity contribution < 1.29 is 9.59 Å². The molecule has 0 radical (unpaired) electrons. The van der Waals surface area contributed by atoms with E-state index in [9.17, 15) is 9.59 Å². The Morgan fingerprint density at radius 2 is 2.11 bits per heavy atom. The fourth-order valence-corrected chi connectivity index (χ4v) is 3.96. The van der Waals surface area contributed by atoms with Crippen LogP contribution in [0.15, 0.2) is 12.3 Å². The Bertz CT molecular complexity index is 872. The lowest BCUT2D eigenvalue weighted by Gasteiger charge is -2.43. The minimum Gasteiger partial charge on any atom is -0.349 e. The number of H-pyrrole nitrogens is 1. The highest BCUT2D eigenvalue weighted by atomic mass is 16.2. The second kappa shape index (κ2) is 6.92. The largest absolute Gasteiger partial charge is 0.349 e. The average Bonchev–Trinajstić information content (AvgIpc) is 3.17. The van der Waals surface area contributed by atoms with Crippen molar-refractivity contribution in [3.8, 4) is 0 Å². The summed E-state index contributed by atoms with van der Waals surface area (Å²) >= 11 is 0. The van der Waals surface area contributed by atoms with Gasteiger partial charge in [-0.3, -0.25) is 9.59 Å². The molecule has 2 aliphatic heterocycles. The first-order valence-corrected chi connectivity index (χ1v) is 9.51. The monoisotopic (exact) mass is 370 g/mol. The number of rotatable bonds is 4.